The third-order valence-corrected chi connectivity index (χ3v) is 3.19. The Kier molecular flexibility index (Phi) is 3.12. The first-order chi connectivity index (χ1) is 9.65. The fraction of sp³-hybridized carbons (Fsp3) is 0.0714. The molecule has 0 saturated heterocycles. The van der Waals surface area contributed by atoms with Crippen molar-refractivity contribution < 1.29 is 9.59 Å². The zero-order valence-electron chi connectivity index (χ0n) is 10.3. The summed E-state index contributed by atoms with van der Waals surface area (Å²) in [7, 11) is 0. The highest BCUT2D eigenvalue weighted by molar-refractivity contribution is 6.31. The molecule has 1 aliphatic heterocycles. The van der Waals surface area contributed by atoms with Crippen LogP contribution in [0.25, 0.3) is 0 Å². The van der Waals surface area contributed by atoms with Crippen LogP contribution in [0.3, 0.4) is 0 Å². The quantitative estimate of drug-likeness (QED) is 0.875. The Morgan fingerprint density at radius 1 is 1.30 bits per heavy atom. The predicted octanol–water partition coefficient (Wildman–Crippen LogP) is 2.33. The summed E-state index contributed by atoms with van der Waals surface area (Å²) in [6, 6.07) is 10.2. The minimum absolute atomic E-state index is 0.0377. The van der Waals surface area contributed by atoms with E-state index < -0.39 is 0 Å². The van der Waals surface area contributed by atoms with Gasteiger partial charge < -0.3 is 5.32 Å². The first kappa shape index (κ1) is 12.6. The van der Waals surface area contributed by atoms with Gasteiger partial charge in [0, 0.05) is 11.2 Å². The minimum Gasteiger partial charge on any atom is -0.323 e. The molecule has 1 N–H and O–H groups in total. The molecule has 1 aromatic carbocycles. The number of hydrogen-bond donors (Lipinski definition) is 1. The molecule has 0 unspecified atom stereocenters. The number of rotatable bonds is 1. The second-order valence-electron chi connectivity index (χ2n) is 4.32. The molecule has 2 amide bonds. The van der Waals surface area contributed by atoms with Crippen LogP contribution in [0.5, 0.6) is 0 Å². The number of anilines is 2. The number of pyridine rings is 1. The van der Waals surface area contributed by atoms with E-state index in [0.717, 1.165) is 0 Å². The number of nitrogens with one attached hydrogen (secondary N) is 1. The first-order valence-electron chi connectivity index (χ1n) is 5.97. The average molecular weight is 288 g/mol. The van der Waals surface area contributed by atoms with Gasteiger partial charge in [0.2, 0.25) is 5.91 Å². The van der Waals surface area contributed by atoms with Crippen molar-refractivity contribution in [3.05, 3.63) is 53.3 Å². The Hall–Kier alpha value is -2.40. The van der Waals surface area contributed by atoms with Crippen LogP contribution in [0.1, 0.15) is 10.5 Å². The molecule has 0 aliphatic carbocycles. The van der Waals surface area contributed by atoms with E-state index in [1.54, 1.807) is 24.3 Å². The monoisotopic (exact) mass is 287 g/mol. The van der Waals surface area contributed by atoms with Gasteiger partial charge >= 0.3 is 0 Å². The van der Waals surface area contributed by atoms with Crippen molar-refractivity contribution in [2.24, 2.45) is 0 Å². The standard InChI is InChI=1S/C14H10ClN3O2/c15-9-5-6-16-11(7-9)14(20)18-8-13(19)17-10-3-1-2-4-12(10)18/h1-7H,8H2,(H,17,19). The number of para-hydroxylation sites is 2. The number of amides is 2. The van der Waals surface area contributed by atoms with Gasteiger partial charge in [-0.15, -0.1) is 0 Å². The fourth-order valence-corrected chi connectivity index (χ4v) is 2.23. The molecule has 1 aromatic heterocycles. The average Bonchev–Trinajstić information content (AvgIpc) is 2.45. The first-order valence-corrected chi connectivity index (χ1v) is 6.35. The van der Waals surface area contributed by atoms with Crippen LogP contribution in [-0.4, -0.2) is 23.3 Å². The number of carbonyl (C=O) groups excluding carboxylic acids is 2. The zero-order chi connectivity index (χ0) is 14.1. The molecule has 0 radical (unpaired) electrons. The number of benzene rings is 1. The third-order valence-electron chi connectivity index (χ3n) is 2.96. The lowest BCUT2D eigenvalue weighted by molar-refractivity contribution is -0.115. The number of fused-ring (bicyclic) bond motifs is 1. The van der Waals surface area contributed by atoms with Gasteiger partial charge in [-0.2, -0.15) is 0 Å². The van der Waals surface area contributed by atoms with Crippen molar-refractivity contribution in [1.29, 1.82) is 0 Å². The second-order valence-corrected chi connectivity index (χ2v) is 4.75. The van der Waals surface area contributed by atoms with Crippen LogP contribution in [-0.2, 0) is 4.79 Å². The Morgan fingerprint density at radius 2 is 2.10 bits per heavy atom. The van der Waals surface area contributed by atoms with Gasteiger partial charge in [-0.25, -0.2) is 0 Å². The molecule has 1 aliphatic rings. The van der Waals surface area contributed by atoms with Crippen LogP contribution < -0.4 is 10.2 Å². The summed E-state index contributed by atoms with van der Waals surface area (Å²) < 4.78 is 0. The highest BCUT2D eigenvalue weighted by Gasteiger charge is 2.28. The highest BCUT2D eigenvalue weighted by Crippen LogP contribution is 2.29. The van der Waals surface area contributed by atoms with Crippen molar-refractivity contribution in [1.82, 2.24) is 4.98 Å². The van der Waals surface area contributed by atoms with Crippen molar-refractivity contribution in [3.8, 4) is 0 Å². The maximum atomic E-state index is 12.5. The summed E-state index contributed by atoms with van der Waals surface area (Å²) in [6.45, 7) is -0.0377. The Labute approximate surface area is 120 Å². The number of nitrogens with zero attached hydrogens (tertiary/aromatic N) is 2. The van der Waals surface area contributed by atoms with Crippen molar-refractivity contribution in [3.63, 3.8) is 0 Å². The largest absolute Gasteiger partial charge is 0.323 e. The lowest BCUT2D eigenvalue weighted by Crippen LogP contribution is -2.42. The van der Waals surface area contributed by atoms with E-state index in [9.17, 15) is 9.59 Å². The third kappa shape index (κ3) is 2.23. The summed E-state index contributed by atoms with van der Waals surface area (Å²) in [6.07, 6.45) is 1.46. The Bertz CT molecular complexity index is 702. The van der Waals surface area contributed by atoms with Crippen molar-refractivity contribution >= 4 is 34.8 Å². The molecular formula is C14H10ClN3O2. The maximum Gasteiger partial charge on any atom is 0.277 e. The summed E-state index contributed by atoms with van der Waals surface area (Å²) in [4.78, 5) is 29.6. The minimum atomic E-state index is -0.352. The Morgan fingerprint density at radius 3 is 2.90 bits per heavy atom. The van der Waals surface area contributed by atoms with Crippen LogP contribution >= 0.6 is 11.6 Å². The van der Waals surface area contributed by atoms with E-state index in [0.29, 0.717) is 16.4 Å². The molecule has 2 aromatic rings. The summed E-state index contributed by atoms with van der Waals surface area (Å²) >= 11 is 5.87. The lowest BCUT2D eigenvalue weighted by Gasteiger charge is -2.28. The molecule has 6 heteroatoms. The maximum absolute atomic E-state index is 12.5. The van der Waals surface area contributed by atoms with E-state index in [1.165, 1.54) is 17.2 Å². The molecule has 5 nitrogen and oxygen atoms in total. The van der Waals surface area contributed by atoms with E-state index >= 15 is 0 Å². The van der Waals surface area contributed by atoms with Gasteiger partial charge in [-0.3, -0.25) is 19.5 Å². The molecule has 20 heavy (non-hydrogen) atoms. The normalized spacial score (nSPS) is 13.7. The topological polar surface area (TPSA) is 62.3 Å². The molecule has 0 bridgehead atoms. The van der Waals surface area contributed by atoms with Gasteiger partial charge in [0.1, 0.15) is 12.2 Å². The second kappa shape index (κ2) is 4.94. The summed E-state index contributed by atoms with van der Waals surface area (Å²) in [5, 5.41) is 3.16. The number of carbonyl (C=O) groups is 2. The molecule has 2 heterocycles. The van der Waals surface area contributed by atoms with Crippen LogP contribution in [0.15, 0.2) is 42.6 Å². The van der Waals surface area contributed by atoms with Gasteiger partial charge in [0.05, 0.1) is 11.4 Å². The smallest absolute Gasteiger partial charge is 0.277 e. The van der Waals surface area contributed by atoms with Gasteiger partial charge in [-0.05, 0) is 24.3 Å². The molecule has 0 fully saturated rings. The molecular weight excluding hydrogens is 278 g/mol. The number of halogens is 1. The summed E-state index contributed by atoms with van der Waals surface area (Å²) in [5.41, 5.74) is 1.47. The van der Waals surface area contributed by atoms with Crippen LogP contribution in [0.2, 0.25) is 5.02 Å². The van der Waals surface area contributed by atoms with Gasteiger partial charge in [-0.1, -0.05) is 23.7 Å². The predicted molar refractivity (Wildman–Crippen MR) is 76.0 cm³/mol. The zero-order valence-corrected chi connectivity index (χ0v) is 11.1. The van der Waals surface area contributed by atoms with E-state index in [1.807, 2.05) is 6.07 Å². The van der Waals surface area contributed by atoms with Crippen LogP contribution in [0.4, 0.5) is 11.4 Å². The van der Waals surface area contributed by atoms with Gasteiger partial charge in [0.25, 0.3) is 5.91 Å². The fourth-order valence-electron chi connectivity index (χ4n) is 2.07. The molecule has 100 valence electrons. The van der Waals surface area contributed by atoms with Gasteiger partial charge in [0.15, 0.2) is 0 Å². The van der Waals surface area contributed by atoms with E-state index in [4.69, 9.17) is 11.6 Å². The molecule has 0 saturated carbocycles. The lowest BCUT2D eigenvalue weighted by atomic mass is 10.1. The SMILES string of the molecule is O=C1CN(C(=O)c2cc(Cl)ccn2)c2ccccc2N1. The molecule has 3 rings (SSSR count). The van der Waals surface area contributed by atoms with Crippen molar-refractivity contribution in [2.75, 3.05) is 16.8 Å². The highest BCUT2D eigenvalue weighted by atomic mass is 35.5. The van der Waals surface area contributed by atoms with E-state index in [2.05, 4.69) is 10.3 Å². The van der Waals surface area contributed by atoms with Crippen molar-refractivity contribution in [2.45, 2.75) is 0 Å². The van der Waals surface area contributed by atoms with Crippen LogP contribution in [0, 0.1) is 0 Å². The molecule has 0 atom stereocenters. The Balaban J connectivity index is 2.02. The van der Waals surface area contributed by atoms with E-state index in [-0.39, 0.29) is 24.1 Å². The molecule has 0 spiro atoms. The number of hydrogen-bond acceptors (Lipinski definition) is 3. The summed E-state index contributed by atoms with van der Waals surface area (Å²) in [5.74, 6) is -0.589. The number of aromatic nitrogens is 1.